The standard InChI is InChI=1S/C12H17NO2S/c1-15-11(14)7-10-8-16-12(13-10)9-5-3-2-4-6-9/h8-9H,2-7H2,1H3. The molecule has 0 amide bonds. The van der Waals surface area contributed by atoms with Crippen LogP contribution >= 0.6 is 11.3 Å². The molecule has 0 aliphatic heterocycles. The highest BCUT2D eigenvalue weighted by atomic mass is 32.1. The first kappa shape index (κ1) is 11.6. The normalized spacial score (nSPS) is 17.3. The van der Waals surface area contributed by atoms with Crippen molar-refractivity contribution in [3.8, 4) is 0 Å². The topological polar surface area (TPSA) is 39.2 Å². The second-order valence-electron chi connectivity index (χ2n) is 4.26. The predicted octanol–water partition coefficient (Wildman–Crippen LogP) is 2.91. The summed E-state index contributed by atoms with van der Waals surface area (Å²) in [6, 6.07) is 0. The third-order valence-corrected chi connectivity index (χ3v) is 4.13. The second-order valence-corrected chi connectivity index (χ2v) is 5.15. The summed E-state index contributed by atoms with van der Waals surface area (Å²) in [6.07, 6.45) is 6.81. The Balaban J connectivity index is 1.98. The summed E-state index contributed by atoms with van der Waals surface area (Å²) in [5, 5.41) is 3.19. The van der Waals surface area contributed by atoms with Gasteiger partial charge in [-0.1, -0.05) is 19.3 Å². The fraction of sp³-hybridized carbons (Fsp3) is 0.667. The van der Waals surface area contributed by atoms with Gasteiger partial charge in [-0.25, -0.2) is 4.98 Å². The van der Waals surface area contributed by atoms with Crippen LogP contribution in [0.2, 0.25) is 0 Å². The van der Waals surface area contributed by atoms with E-state index in [0.717, 1.165) is 5.69 Å². The van der Waals surface area contributed by atoms with E-state index < -0.39 is 0 Å². The van der Waals surface area contributed by atoms with Crippen molar-refractivity contribution in [2.24, 2.45) is 0 Å². The fourth-order valence-electron chi connectivity index (χ4n) is 2.16. The van der Waals surface area contributed by atoms with Crippen LogP contribution in [0.3, 0.4) is 0 Å². The van der Waals surface area contributed by atoms with E-state index in [-0.39, 0.29) is 5.97 Å². The molecule has 0 spiro atoms. The van der Waals surface area contributed by atoms with Crippen molar-refractivity contribution >= 4 is 17.3 Å². The molecule has 1 fully saturated rings. The van der Waals surface area contributed by atoms with Gasteiger partial charge in [-0.05, 0) is 12.8 Å². The molecule has 0 N–H and O–H groups in total. The van der Waals surface area contributed by atoms with E-state index in [1.165, 1.54) is 44.2 Å². The molecule has 3 nitrogen and oxygen atoms in total. The van der Waals surface area contributed by atoms with Crippen molar-refractivity contribution in [2.75, 3.05) is 7.11 Å². The number of ether oxygens (including phenoxy) is 1. The smallest absolute Gasteiger partial charge is 0.311 e. The Labute approximate surface area is 99.8 Å². The third kappa shape index (κ3) is 2.82. The maximum absolute atomic E-state index is 11.1. The number of aromatic nitrogens is 1. The summed E-state index contributed by atoms with van der Waals surface area (Å²) in [5.74, 6) is 0.422. The molecule has 1 saturated carbocycles. The van der Waals surface area contributed by atoms with Crippen LogP contribution < -0.4 is 0 Å². The maximum Gasteiger partial charge on any atom is 0.311 e. The van der Waals surface area contributed by atoms with Crippen molar-refractivity contribution in [1.82, 2.24) is 4.98 Å². The van der Waals surface area contributed by atoms with Crippen LogP contribution in [0.25, 0.3) is 0 Å². The van der Waals surface area contributed by atoms with Gasteiger partial charge in [0.1, 0.15) is 0 Å². The molecule has 88 valence electrons. The summed E-state index contributed by atoms with van der Waals surface area (Å²) < 4.78 is 4.63. The number of hydrogen-bond donors (Lipinski definition) is 0. The molecule has 1 aliphatic carbocycles. The Morgan fingerprint density at radius 1 is 1.50 bits per heavy atom. The minimum absolute atomic E-state index is 0.208. The predicted molar refractivity (Wildman–Crippen MR) is 63.7 cm³/mol. The molecule has 1 heterocycles. The van der Waals surface area contributed by atoms with E-state index in [1.54, 1.807) is 11.3 Å². The lowest BCUT2D eigenvalue weighted by Gasteiger charge is -2.18. The van der Waals surface area contributed by atoms with Crippen LogP contribution in [0.15, 0.2) is 5.38 Å². The Bertz CT molecular complexity index is 356. The highest BCUT2D eigenvalue weighted by molar-refractivity contribution is 7.09. The van der Waals surface area contributed by atoms with E-state index in [2.05, 4.69) is 9.72 Å². The zero-order valence-corrected chi connectivity index (χ0v) is 10.4. The number of esters is 1. The van der Waals surface area contributed by atoms with Crippen molar-refractivity contribution in [1.29, 1.82) is 0 Å². The molecular formula is C12H17NO2S. The third-order valence-electron chi connectivity index (χ3n) is 3.08. The van der Waals surface area contributed by atoms with Gasteiger partial charge in [-0.2, -0.15) is 0 Å². The lowest BCUT2D eigenvalue weighted by Crippen LogP contribution is -2.06. The zero-order chi connectivity index (χ0) is 11.4. The summed E-state index contributed by atoms with van der Waals surface area (Å²) in [4.78, 5) is 15.6. The van der Waals surface area contributed by atoms with E-state index in [9.17, 15) is 4.79 Å². The van der Waals surface area contributed by atoms with Gasteiger partial charge >= 0.3 is 5.97 Å². The van der Waals surface area contributed by atoms with E-state index in [0.29, 0.717) is 12.3 Å². The quantitative estimate of drug-likeness (QED) is 0.761. The van der Waals surface area contributed by atoms with Gasteiger partial charge < -0.3 is 4.74 Å². The molecule has 0 unspecified atom stereocenters. The number of hydrogen-bond acceptors (Lipinski definition) is 4. The Morgan fingerprint density at radius 2 is 2.25 bits per heavy atom. The summed E-state index contributed by atoms with van der Waals surface area (Å²) in [6.45, 7) is 0. The van der Waals surface area contributed by atoms with E-state index in [4.69, 9.17) is 0 Å². The number of thiazole rings is 1. The Morgan fingerprint density at radius 3 is 2.94 bits per heavy atom. The Kier molecular flexibility index (Phi) is 3.93. The first-order valence-electron chi connectivity index (χ1n) is 5.80. The average molecular weight is 239 g/mol. The highest BCUT2D eigenvalue weighted by Crippen LogP contribution is 2.34. The van der Waals surface area contributed by atoms with Crippen LogP contribution in [0.1, 0.15) is 48.7 Å². The highest BCUT2D eigenvalue weighted by Gasteiger charge is 2.19. The van der Waals surface area contributed by atoms with E-state index in [1.807, 2.05) is 5.38 Å². The maximum atomic E-state index is 11.1. The first-order valence-corrected chi connectivity index (χ1v) is 6.68. The Hall–Kier alpha value is -0.900. The van der Waals surface area contributed by atoms with Gasteiger partial charge in [-0.3, -0.25) is 4.79 Å². The number of rotatable bonds is 3. The van der Waals surface area contributed by atoms with Crippen LogP contribution in [0.5, 0.6) is 0 Å². The van der Waals surface area contributed by atoms with Crippen LogP contribution in [0, 0.1) is 0 Å². The van der Waals surface area contributed by atoms with Gasteiger partial charge in [0.15, 0.2) is 0 Å². The average Bonchev–Trinajstić information content (AvgIpc) is 2.78. The molecule has 4 heteroatoms. The molecule has 1 aliphatic rings. The summed E-state index contributed by atoms with van der Waals surface area (Å²) >= 11 is 1.69. The molecule has 1 aromatic rings. The fourth-order valence-corrected chi connectivity index (χ4v) is 3.15. The summed E-state index contributed by atoms with van der Waals surface area (Å²) in [7, 11) is 1.41. The van der Waals surface area contributed by atoms with Crippen molar-refractivity contribution in [2.45, 2.75) is 44.4 Å². The second kappa shape index (κ2) is 5.43. The molecule has 0 bridgehead atoms. The van der Waals surface area contributed by atoms with Crippen LogP contribution in [0.4, 0.5) is 0 Å². The number of carbonyl (C=O) groups is 1. The van der Waals surface area contributed by atoms with Crippen molar-refractivity contribution in [3.63, 3.8) is 0 Å². The van der Waals surface area contributed by atoms with Crippen LogP contribution in [-0.2, 0) is 16.0 Å². The molecule has 1 aromatic heterocycles. The van der Waals surface area contributed by atoms with Crippen molar-refractivity contribution in [3.05, 3.63) is 16.1 Å². The summed E-state index contributed by atoms with van der Waals surface area (Å²) in [5.41, 5.74) is 0.859. The largest absolute Gasteiger partial charge is 0.469 e. The molecule has 16 heavy (non-hydrogen) atoms. The molecule has 0 saturated heterocycles. The number of nitrogens with zero attached hydrogens (tertiary/aromatic N) is 1. The zero-order valence-electron chi connectivity index (χ0n) is 9.57. The first-order chi connectivity index (χ1) is 7.79. The van der Waals surface area contributed by atoms with Gasteiger partial charge in [-0.15, -0.1) is 11.3 Å². The number of carbonyl (C=O) groups excluding carboxylic acids is 1. The van der Waals surface area contributed by atoms with Gasteiger partial charge in [0.2, 0.25) is 0 Å². The minimum Gasteiger partial charge on any atom is -0.469 e. The molecule has 0 atom stereocenters. The molecule has 0 radical (unpaired) electrons. The lowest BCUT2D eigenvalue weighted by molar-refractivity contribution is -0.139. The van der Waals surface area contributed by atoms with Gasteiger partial charge in [0, 0.05) is 11.3 Å². The monoisotopic (exact) mass is 239 g/mol. The molecule has 0 aromatic carbocycles. The van der Waals surface area contributed by atoms with E-state index >= 15 is 0 Å². The molecule has 2 rings (SSSR count). The lowest BCUT2D eigenvalue weighted by atomic mass is 9.90. The van der Waals surface area contributed by atoms with Gasteiger partial charge in [0.25, 0.3) is 0 Å². The number of methoxy groups -OCH3 is 1. The molecular weight excluding hydrogens is 222 g/mol. The minimum atomic E-state index is -0.208. The van der Waals surface area contributed by atoms with Gasteiger partial charge in [0.05, 0.1) is 24.2 Å². The van der Waals surface area contributed by atoms with Crippen LogP contribution in [-0.4, -0.2) is 18.1 Å². The van der Waals surface area contributed by atoms with Crippen molar-refractivity contribution < 1.29 is 9.53 Å². The SMILES string of the molecule is COC(=O)Cc1csc(C2CCCCC2)n1.